The highest BCUT2D eigenvalue weighted by atomic mass is 16.5. The average Bonchev–Trinajstić information content (AvgIpc) is 3.31. The number of aryl methyl sites for hydroxylation is 1. The molecular formula is C34H38N2O4. The van der Waals surface area contributed by atoms with E-state index < -0.39 is 0 Å². The van der Waals surface area contributed by atoms with Gasteiger partial charge >= 0.3 is 5.97 Å². The molecule has 1 aromatic heterocycles. The molecule has 6 nitrogen and oxygen atoms in total. The van der Waals surface area contributed by atoms with Crippen molar-refractivity contribution in [1.29, 1.82) is 0 Å². The number of esters is 1. The van der Waals surface area contributed by atoms with E-state index in [4.69, 9.17) is 9.47 Å². The molecule has 0 radical (unpaired) electrons. The zero-order valence-electron chi connectivity index (χ0n) is 23.6. The number of likely N-dealkylation sites (N-methyl/N-ethyl adjacent to an activating group) is 1. The Labute approximate surface area is 236 Å². The molecule has 4 rings (SSSR count). The van der Waals surface area contributed by atoms with E-state index in [0.29, 0.717) is 26.2 Å². The van der Waals surface area contributed by atoms with Crippen molar-refractivity contribution in [2.24, 2.45) is 0 Å². The summed E-state index contributed by atoms with van der Waals surface area (Å²) in [7, 11) is 1.86. The van der Waals surface area contributed by atoms with Crippen LogP contribution in [0.3, 0.4) is 0 Å². The number of benzene rings is 3. The maximum absolute atomic E-state index is 13.2. The smallest absolute Gasteiger partial charge is 0.330 e. The lowest BCUT2D eigenvalue weighted by Gasteiger charge is -2.18. The lowest BCUT2D eigenvalue weighted by Crippen LogP contribution is -2.31. The van der Waals surface area contributed by atoms with Crippen LogP contribution in [0.2, 0.25) is 0 Å². The Hall–Kier alpha value is -4.32. The first kappa shape index (κ1) is 28.7. The van der Waals surface area contributed by atoms with Gasteiger partial charge in [0.05, 0.1) is 6.61 Å². The van der Waals surface area contributed by atoms with E-state index in [0.717, 1.165) is 46.2 Å². The predicted molar refractivity (Wildman–Crippen MR) is 159 cm³/mol. The zero-order valence-corrected chi connectivity index (χ0v) is 23.6. The number of carbonyl (C=O) groups is 2. The maximum Gasteiger partial charge on any atom is 0.330 e. The minimum absolute atomic E-state index is 0.0576. The van der Waals surface area contributed by atoms with Crippen molar-refractivity contribution in [3.05, 3.63) is 113 Å². The molecule has 0 atom stereocenters. The fraction of sp³-hybridized carbons (Fsp3) is 0.294. The van der Waals surface area contributed by atoms with E-state index in [-0.39, 0.29) is 18.4 Å². The van der Waals surface area contributed by atoms with Crippen LogP contribution in [0.4, 0.5) is 0 Å². The van der Waals surface area contributed by atoms with Gasteiger partial charge in [0.1, 0.15) is 18.9 Å². The summed E-state index contributed by atoms with van der Waals surface area (Å²) in [6.45, 7) is 5.49. The number of carbonyl (C=O) groups excluding carboxylic acids is 2. The lowest BCUT2D eigenvalue weighted by molar-refractivity contribution is -0.137. The summed E-state index contributed by atoms with van der Waals surface area (Å²) in [6, 6.07) is 26.3. The Morgan fingerprint density at radius 3 is 2.33 bits per heavy atom. The summed E-state index contributed by atoms with van der Waals surface area (Å²) < 4.78 is 13.2. The van der Waals surface area contributed by atoms with Crippen molar-refractivity contribution < 1.29 is 19.1 Å². The summed E-state index contributed by atoms with van der Waals surface area (Å²) in [5, 5.41) is 1.05. The third-order valence-corrected chi connectivity index (χ3v) is 6.93. The van der Waals surface area contributed by atoms with E-state index in [1.165, 1.54) is 5.56 Å². The Bertz CT molecular complexity index is 1440. The van der Waals surface area contributed by atoms with Gasteiger partial charge in [0.15, 0.2) is 0 Å². The third-order valence-electron chi connectivity index (χ3n) is 6.93. The second-order valence-electron chi connectivity index (χ2n) is 10.0. The number of hydrogen-bond donors (Lipinski definition) is 0. The van der Waals surface area contributed by atoms with Gasteiger partial charge in [-0.2, -0.15) is 0 Å². The quantitative estimate of drug-likeness (QED) is 0.147. The summed E-state index contributed by atoms with van der Waals surface area (Å²) in [5.41, 5.74) is 5.36. The number of allylic oxidation sites excluding steroid dienone is 1. The standard InChI is InChI=1S/C34H38N2O4/c1-4-39-34(38)21-26(2)15-16-29-23-36(24-33(37)35(3)20-19-27-11-7-5-8-12-27)32-18-17-30(22-31(29)32)40-25-28-13-9-6-10-14-28/h5-14,17-18,21-23H,4,15-16,19-20,24-25H2,1-3H3/b26-21+. The molecule has 0 bridgehead atoms. The van der Waals surface area contributed by atoms with Crippen molar-refractivity contribution in [3.8, 4) is 5.75 Å². The highest BCUT2D eigenvalue weighted by molar-refractivity contribution is 5.87. The number of amides is 1. The fourth-order valence-electron chi connectivity index (χ4n) is 4.63. The van der Waals surface area contributed by atoms with E-state index >= 15 is 0 Å². The molecule has 3 aromatic carbocycles. The van der Waals surface area contributed by atoms with E-state index in [1.54, 1.807) is 17.9 Å². The van der Waals surface area contributed by atoms with Gasteiger partial charge in [0.2, 0.25) is 5.91 Å². The molecule has 0 aliphatic heterocycles. The molecule has 1 amide bonds. The van der Waals surface area contributed by atoms with Gasteiger partial charge in [0, 0.05) is 36.8 Å². The Morgan fingerprint density at radius 2 is 1.62 bits per heavy atom. The normalized spacial score (nSPS) is 11.4. The Balaban J connectivity index is 1.52. The lowest BCUT2D eigenvalue weighted by atomic mass is 10.0. The minimum atomic E-state index is -0.317. The summed E-state index contributed by atoms with van der Waals surface area (Å²) >= 11 is 0. The average molecular weight is 539 g/mol. The zero-order chi connectivity index (χ0) is 28.3. The second kappa shape index (κ2) is 14.2. The number of ether oxygens (including phenoxy) is 2. The molecule has 1 heterocycles. The molecule has 0 unspecified atom stereocenters. The topological polar surface area (TPSA) is 60.8 Å². The summed E-state index contributed by atoms with van der Waals surface area (Å²) in [4.78, 5) is 26.9. The number of hydrogen-bond acceptors (Lipinski definition) is 4. The van der Waals surface area contributed by atoms with Crippen LogP contribution >= 0.6 is 0 Å². The molecule has 0 saturated heterocycles. The molecule has 0 spiro atoms. The van der Waals surface area contributed by atoms with E-state index in [2.05, 4.69) is 24.4 Å². The number of aromatic nitrogens is 1. The molecule has 0 fully saturated rings. The van der Waals surface area contributed by atoms with Crippen LogP contribution in [0.15, 0.2) is 96.7 Å². The van der Waals surface area contributed by atoms with Gasteiger partial charge in [-0.25, -0.2) is 4.79 Å². The maximum atomic E-state index is 13.2. The van der Waals surface area contributed by atoms with Crippen LogP contribution in [0.5, 0.6) is 5.75 Å². The van der Waals surface area contributed by atoms with Crippen molar-refractivity contribution in [2.75, 3.05) is 20.2 Å². The van der Waals surface area contributed by atoms with E-state index in [9.17, 15) is 9.59 Å². The van der Waals surface area contributed by atoms with Gasteiger partial charge in [-0.15, -0.1) is 0 Å². The second-order valence-corrected chi connectivity index (χ2v) is 10.0. The van der Waals surface area contributed by atoms with Gasteiger partial charge in [-0.3, -0.25) is 4.79 Å². The predicted octanol–water partition coefficient (Wildman–Crippen LogP) is 6.36. The molecule has 0 N–H and O–H groups in total. The monoisotopic (exact) mass is 538 g/mol. The molecule has 0 aliphatic carbocycles. The molecule has 0 aliphatic rings. The van der Waals surface area contributed by atoms with Crippen LogP contribution < -0.4 is 4.74 Å². The minimum Gasteiger partial charge on any atom is -0.489 e. The van der Waals surface area contributed by atoms with Crippen molar-refractivity contribution >= 4 is 22.8 Å². The van der Waals surface area contributed by atoms with Crippen LogP contribution in [-0.4, -0.2) is 41.5 Å². The largest absolute Gasteiger partial charge is 0.489 e. The van der Waals surface area contributed by atoms with Crippen molar-refractivity contribution in [3.63, 3.8) is 0 Å². The molecule has 208 valence electrons. The number of nitrogens with zero attached hydrogens (tertiary/aromatic N) is 2. The molecule has 40 heavy (non-hydrogen) atoms. The van der Waals surface area contributed by atoms with Crippen LogP contribution in [-0.2, 0) is 40.3 Å². The Kier molecular flexibility index (Phi) is 10.2. The SMILES string of the molecule is CCOC(=O)/C=C(\C)CCc1cn(CC(=O)N(C)CCc2ccccc2)c2ccc(OCc3ccccc3)cc12. The highest BCUT2D eigenvalue weighted by Crippen LogP contribution is 2.28. The first-order valence-corrected chi connectivity index (χ1v) is 13.8. The van der Waals surface area contributed by atoms with Crippen molar-refractivity contribution in [2.45, 2.75) is 46.3 Å². The summed E-state index contributed by atoms with van der Waals surface area (Å²) in [6.07, 6.45) is 5.87. The van der Waals surface area contributed by atoms with Gasteiger partial charge in [-0.05, 0) is 68.0 Å². The number of rotatable bonds is 13. The first-order chi connectivity index (χ1) is 19.4. The highest BCUT2D eigenvalue weighted by Gasteiger charge is 2.15. The third kappa shape index (κ3) is 8.09. The van der Waals surface area contributed by atoms with Crippen LogP contribution in [0.1, 0.15) is 37.0 Å². The summed E-state index contributed by atoms with van der Waals surface area (Å²) in [5.74, 6) is 0.519. The van der Waals surface area contributed by atoms with Crippen LogP contribution in [0, 0.1) is 0 Å². The van der Waals surface area contributed by atoms with Gasteiger partial charge in [-0.1, -0.05) is 66.2 Å². The molecular weight excluding hydrogens is 500 g/mol. The van der Waals surface area contributed by atoms with Gasteiger partial charge in [0.25, 0.3) is 0 Å². The molecule has 4 aromatic rings. The fourth-order valence-corrected chi connectivity index (χ4v) is 4.63. The number of fused-ring (bicyclic) bond motifs is 1. The molecule has 0 saturated carbocycles. The molecule has 6 heteroatoms. The van der Waals surface area contributed by atoms with Crippen LogP contribution in [0.25, 0.3) is 10.9 Å². The Morgan fingerprint density at radius 1 is 0.925 bits per heavy atom. The van der Waals surface area contributed by atoms with Gasteiger partial charge < -0.3 is 18.9 Å². The van der Waals surface area contributed by atoms with E-state index in [1.807, 2.05) is 79.2 Å². The van der Waals surface area contributed by atoms with Crippen molar-refractivity contribution in [1.82, 2.24) is 9.47 Å². The first-order valence-electron chi connectivity index (χ1n) is 13.8.